The van der Waals surface area contributed by atoms with E-state index in [1.165, 1.54) is 13.2 Å². The van der Waals surface area contributed by atoms with Crippen LogP contribution in [0.1, 0.15) is 4.88 Å². The quantitative estimate of drug-likeness (QED) is 0.657. The van der Waals surface area contributed by atoms with Crippen molar-refractivity contribution in [2.24, 2.45) is 0 Å². The lowest BCUT2D eigenvalue weighted by molar-refractivity contribution is -0.385. The number of nitrogens with one attached hydrogen (secondary N) is 1. The van der Waals surface area contributed by atoms with Crippen LogP contribution in [0, 0.1) is 10.1 Å². The topological polar surface area (TPSA) is 64.4 Å². The number of halogens is 1. The van der Waals surface area contributed by atoms with E-state index in [9.17, 15) is 10.1 Å². The maximum Gasteiger partial charge on any atom is 0.312 e. The second-order valence-corrected chi connectivity index (χ2v) is 5.54. The molecule has 5 nitrogen and oxygen atoms in total. The number of thiophene rings is 1. The highest BCUT2D eigenvalue weighted by Crippen LogP contribution is 2.30. The van der Waals surface area contributed by atoms with Gasteiger partial charge in [0, 0.05) is 21.1 Å². The molecule has 0 aliphatic carbocycles. The van der Waals surface area contributed by atoms with Crippen molar-refractivity contribution in [1.82, 2.24) is 0 Å². The largest absolute Gasteiger partial charge is 0.490 e. The summed E-state index contributed by atoms with van der Waals surface area (Å²) in [6, 6.07) is 6.79. The van der Waals surface area contributed by atoms with Gasteiger partial charge in [0.05, 0.1) is 18.6 Å². The van der Waals surface area contributed by atoms with Crippen LogP contribution in [-0.2, 0) is 6.54 Å². The van der Waals surface area contributed by atoms with E-state index < -0.39 is 4.92 Å². The highest BCUT2D eigenvalue weighted by Gasteiger charge is 2.15. The zero-order valence-electron chi connectivity index (χ0n) is 10.1. The molecule has 2 aromatic rings. The third-order valence-corrected chi connectivity index (χ3v) is 4.45. The van der Waals surface area contributed by atoms with Crippen LogP contribution in [0.25, 0.3) is 0 Å². The lowest BCUT2D eigenvalue weighted by atomic mass is 10.2. The Balaban J connectivity index is 2.15. The molecule has 0 saturated heterocycles. The Labute approximate surface area is 122 Å². The molecule has 0 spiro atoms. The molecule has 0 radical (unpaired) electrons. The third-order valence-electron chi connectivity index (χ3n) is 2.52. The molecule has 1 aromatic heterocycles. The van der Waals surface area contributed by atoms with E-state index >= 15 is 0 Å². The molecule has 1 aromatic carbocycles. The minimum absolute atomic E-state index is 0.0438. The molecule has 0 aliphatic rings. The summed E-state index contributed by atoms with van der Waals surface area (Å²) in [6.45, 7) is 0.613. The summed E-state index contributed by atoms with van der Waals surface area (Å²) in [7, 11) is 1.41. The molecule has 0 atom stereocenters. The van der Waals surface area contributed by atoms with Crippen molar-refractivity contribution in [3.05, 3.63) is 49.1 Å². The number of rotatable bonds is 5. The van der Waals surface area contributed by atoms with Crippen molar-refractivity contribution in [2.45, 2.75) is 6.54 Å². The third kappa shape index (κ3) is 3.24. The number of benzene rings is 1. The van der Waals surface area contributed by atoms with Crippen molar-refractivity contribution in [2.75, 3.05) is 12.4 Å². The summed E-state index contributed by atoms with van der Waals surface area (Å²) >= 11 is 5.06. The summed E-state index contributed by atoms with van der Waals surface area (Å²) in [4.78, 5) is 11.6. The van der Waals surface area contributed by atoms with Crippen molar-refractivity contribution >= 4 is 38.6 Å². The smallest absolute Gasteiger partial charge is 0.312 e. The molecule has 1 heterocycles. The van der Waals surface area contributed by atoms with Crippen LogP contribution in [0.3, 0.4) is 0 Å². The van der Waals surface area contributed by atoms with Crippen molar-refractivity contribution in [3.63, 3.8) is 0 Å². The number of nitrogens with zero attached hydrogens (tertiary/aromatic N) is 1. The van der Waals surface area contributed by atoms with E-state index in [1.54, 1.807) is 23.5 Å². The molecule has 19 heavy (non-hydrogen) atoms. The normalized spacial score (nSPS) is 10.2. The molecular formula is C12H11BrN2O3S. The van der Waals surface area contributed by atoms with Crippen molar-refractivity contribution in [1.29, 1.82) is 0 Å². The van der Waals surface area contributed by atoms with Crippen LogP contribution in [-0.4, -0.2) is 12.0 Å². The highest BCUT2D eigenvalue weighted by molar-refractivity contribution is 9.10. The molecule has 0 amide bonds. The first-order valence-electron chi connectivity index (χ1n) is 5.40. The van der Waals surface area contributed by atoms with Gasteiger partial charge in [-0.05, 0) is 39.5 Å². The van der Waals surface area contributed by atoms with Gasteiger partial charge in [0.25, 0.3) is 0 Å². The molecule has 0 aliphatic heterocycles. The number of nitro benzene ring substituents is 1. The van der Waals surface area contributed by atoms with Crippen LogP contribution in [0.2, 0.25) is 0 Å². The molecular weight excluding hydrogens is 332 g/mol. The van der Waals surface area contributed by atoms with Gasteiger partial charge in [-0.3, -0.25) is 10.1 Å². The minimum atomic E-state index is -0.453. The molecule has 0 saturated carbocycles. The number of hydrogen-bond acceptors (Lipinski definition) is 5. The first-order valence-corrected chi connectivity index (χ1v) is 7.07. The highest BCUT2D eigenvalue weighted by atomic mass is 79.9. The summed E-state index contributed by atoms with van der Waals surface area (Å²) in [6.07, 6.45) is 0. The van der Waals surface area contributed by atoms with E-state index in [0.717, 1.165) is 9.35 Å². The first kappa shape index (κ1) is 13.8. The molecule has 2 rings (SSSR count). The molecule has 1 N–H and O–H groups in total. The number of anilines is 1. The molecule has 0 bridgehead atoms. The Hall–Kier alpha value is -1.60. The Morgan fingerprint density at radius 3 is 2.84 bits per heavy atom. The number of methoxy groups -OCH3 is 1. The summed E-state index contributed by atoms with van der Waals surface area (Å²) < 4.78 is 5.99. The Morgan fingerprint density at radius 1 is 1.47 bits per heavy atom. The van der Waals surface area contributed by atoms with Crippen molar-refractivity contribution in [3.8, 4) is 5.75 Å². The number of nitro groups is 1. The number of ether oxygens (including phenoxy) is 1. The number of hydrogen-bond donors (Lipinski definition) is 1. The Kier molecular flexibility index (Phi) is 4.39. The van der Waals surface area contributed by atoms with Gasteiger partial charge in [-0.2, -0.15) is 0 Å². The van der Waals surface area contributed by atoms with Gasteiger partial charge in [0.15, 0.2) is 5.75 Å². The second-order valence-electron chi connectivity index (χ2n) is 3.69. The van der Waals surface area contributed by atoms with Gasteiger partial charge in [-0.1, -0.05) is 0 Å². The fraction of sp³-hybridized carbons (Fsp3) is 0.167. The average Bonchev–Trinajstić information content (AvgIpc) is 2.81. The second kappa shape index (κ2) is 6.03. The van der Waals surface area contributed by atoms with Gasteiger partial charge in [0.1, 0.15) is 0 Å². The van der Waals surface area contributed by atoms with Gasteiger partial charge < -0.3 is 10.1 Å². The SMILES string of the molecule is COc1ccc(NCc2sccc2Br)cc1[N+](=O)[O-]. The summed E-state index contributed by atoms with van der Waals surface area (Å²) in [5, 5.41) is 16.1. The minimum Gasteiger partial charge on any atom is -0.490 e. The van der Waals surface area contributed by atoms with E-state index in [2.05, 4.69) is 21.2 Å². The Bertz CT molecular complexity index is 600. The van der Waals surface area contributed by atoms with Crippen LogP contribution >= 0.6 is 27.3 Å². The lowest BCUT2D eigenvalue weighted by Gasteiger charge is -2.07. The van der Waals surface area contributed by atoms with Crippen LogP contribution < -0.4 is 10.1 Å². The summed E-state index contributed by atoms with van der Waals surface area (Å²) in [5.41, 5.74) is 0.644. The van der Waals surface area contributed by atoms with E-state index in [0.29, 0.717) is 12.2 Å². The first-order chi connectivity index (χ1) is 9.11. The van der Waals surface area contributed by atoms with E-state index in [1.807, 2.05) is 11.4 Å². The maximum atomic E-state index is 10.9. The fourth-order valence-electron chi connectivity index (χ4n) is 1.58. The maximum absolute atomic E-state index is 10.9. The monoisotopic (exact) mass is 342 g/mol. The van der Waals surface area contributed by atoms with Gasteiger partial charge >= 0.3 is 5.69 Å². The van der Waals surface area contributed by atoms with Crippen LogP contribution in [0.5, 0.6) is 5.75 Å². The van der Waals surface area contributed by atoms with Gasteiger partial charge in [-0.15, -0.1) is 11.3 Å². The summed E-state index contributed by atoms with van der Waals surface area (Å²) in [5.74, 6) is 0.257. The van der Waals surface area contributed by atoms with E-state index in [4.69, 9.17) is 4.74 Å². The standard InChI is InChI=1S/C12H11BrN2O3S/c1-18-11-3-2-8(6-10(11)15(16)17)14-7-12-9(13)4-5-19-12/h2-6,14H,7H2,1H3. The Morgan fingerprint density at radius 2 is 2.26 bits per heavy atom. The predicted octanol–water partition coefficient (Wildman–Crippen LogP) is 4.04. The van der Waals surface area contributed by atoms with Crippen LogP contribution in [0.15, 0.2) is 34.1 Å². The molecule has 100 valence electrons. The molecule has 0 fully saturated rings. The lowest BCUT2D eigenvalue weighted by Crippen LogP contribution is -2.00. The van der Waals surface area contributed by atoms with Gasteiger partial charge in [-0.25, -0.2) is 0 Å². The fourth-order valence-corrected chi connectivity index (χ4v) is 3.01. The van der Waals surface area contributed by atoms with Crippen LogP contribution in [0.4, 0.5) is 11.4 Å². The molecule has 7 heteroatoms. The van der Waals surface area contributed by atoms with Gasteiger partial charge in [0.2, 0.25) is 0 Å². The zero-order valence-corrected chi connectivity index (χ0v) is 12.5. The zero-order chi connectivity index (χ0) is 13.8. The average molecular weight is 343 g/mol. The predicted molar refractivity (Wildman–Crippen MR) is 79.0 cm³/mol. The van der Waals surface area contributed by atoms with E-state index in [-0.39, 0.29) is 11.4 Å². The molecule has 0 unspecified atom stereocenters. The van der Waals surface area contributed by atoms with Crippen molar-refractivity contribution < 1.29 is 9.66 Å².